The first-order valence-electron chi connectivity index (χ1n) is 25.3. The second kappa shape index (κ2) is 27.8. The average molecular weight is 1020 g/mol. The van der Waals surface area contributed by atoms with Crippen molar-refractivity contribution in [3.05, 3.63) is 245 Å². The first-order valence-corrected chi connectivity index (χ1v) is 25.3. The minimum atomic E-state index is -1.46. The van der Waals surface area contributed by atoms with Gasteiger partial charge in [0.05, 0.1) is 65.5 Å². The molecule has 1 N–H and O–H groups in total. The molecule has 0 aromatic heterocycles. The quantitative estimate of drug-likeness (QED) is 0.0544. The summed E-state index contributed by atoms with van der Waals surface area (Å²) in [5, 5.41) is 12.0. The molecule has 0 amide bonds. The SMILES string of the molecule is COc1ccc(C(=O)O[C@H]2[C@H](OCc3ccccc3)[C@H](OCc3ccccc3)[C@H](O[C@H]3[C@H](OCc4ccccc4)[C@@H](OCc4ccccc4)[C@@H](O)O[C@@H]3COCc3ccccc3)O[C@@H]2COCc2ccccc2)cc1. The Morgan fingerprint density at radius 2 is 0.773 bits per heavy atom. The maximum absolute atomic E-state index is 14.4. The molecular weight excluding hydrogens is 953 g/mol. The number of aliphatic hydroxyl groups excluding tert-OH is 1. The molecule has 7 aromatic carbocycles. The number of rotatable bonds is 25. The van der Waals surface area contributed by atoms with Gasteiger partial charge in [0.2, 0.25) is 0 Å². The highest BCUT2D eigenvalue weighted by atomic mass is 16.8. The Balaban J connectivity index is 1.11. The topological polar surface area (TPSA) is 139 Å². The number of hydrogen-bond acceptors (Lipinski definition) is 13. The molecule has 390 valence electrons. The van der Waals surface area contributed by atoms with Crippen LogP contribution in [0.4, 0.5) is 0 Å². The second-order valence-corrected chi connectivity index (χ2v) is 18.4. The Morgan fingerprint density at radius 3 is 1.19 bits per heavy atom. The van der Waals surface area contributed by atoms with E-state index in [0.717, 1.165) is 33.4 Å². The second-order valence-electron chi connectivity index (χ2n) is 18.4. The zero-order valence-electron chi connectivity index (χ0n) is 41.9. The molecule has 10 atom stereocenters. The van der Waals surface area contributed by atoms with Gasteiger partial charge in [0, 0.05) is 0 Å². The molecule has 75 heavy (non-hydrogen) atoms. The lowest BCUT2D eigenvalue weighted by molar-refractivity contribution is -0.371. The van der Waals surface area contributed by atoms with Crippen molar-refractivity contribution in [3.8, 4) is 5.75 Å². The van der Waals surface area contributed by atoms with Gasteiger partial charge in [0.25, 0.3) is 0 Å². The van der Waals surface area contributed by atoms with E-state index in [2.05, 4.69) is 0 Å². The highest BCUT2D eigenvalue weighted by Gasteiger charge is 2.55. The number of esters is 1. The number of methoxy groups -OCH3 is 1. The summed E-state index contributed by atoms with van der Waals surface area (Å²) in [4.78, 5) is 14.4. The molecule has 0 spiro atoms. The van der Waals surface area contributed by atoms with Crippen LogP contribution in [-0.4, -0.2) is 92.8 Å². The van der Waals surface area contributed by atoms with Crippen molar-refractivity contribution >= 4 is 5.97 Å². The zero-order valence-corrected chi connectivity index (χ0v) is 41.9. The van der Waals surface area contributed by atoms with Gasteiger partial charge in [0.1, 0.15) is 48.5 Å². The Bertz CT molecular complexity index is 2700. The molecule has 2 fully saturated rings. The molecule has 2 saturated heterocycles. The number of carbonyl (C=O) groups is 1. The number of carbonyl (C=O) groups excluding carboxylic acids is 1. The summed E-state index contributed by atoms with van der Waals surface area (Å²) in [6, 6.07) is 65.1. The van der Waals surface area contributed by atoms with Crippen LogP contribution >= 0.6 is 0 Å². The van der Waals surface area contributed by atoms with Crippen molar-refractivity contribution in [3.63, 3.8) is 0 Å². The molecule has 2 heterocycles. The van der Waals surface area contributed by atoms with Gasteiger partial charge in [-0.15, -0.1) is 0 Å². The Kier molecular flexibility index (Phi) is 19.7. The Morgan fingerprint density at radius 1 is 0.413 bits per heavy atom. The van der Waals surface area contributed by atoms with Gasteiger partial charge in [-0.1, -0.05) is 182 Å². The van der Waals surface area contributed by atoms with Crippen LogP contribution in [0, 0.1) is 0 Å². The van der Waals surface area contributed by atoms with E-state index in [0.29, 0.717) is 5.75 Å². The largest absolute Gasteiger partial charge is 0.497 e. The molecule has 0 saturated carbocycles. The number of aliphatic hydroxyl groups is 1. The molecule has 9 rings (SSSR count). The highest BCUT2D eigenvalue weighted by Crippen LogP contribution is 2.36. The normalized spacial score (nSPS) is 23.5. The maximum Gasteiger partial charge on any atom is 0.338 e. The maximum atomic E-state index is 14.4. The van der Waals surface area contributed by atoms with E-state index in [1.807, 2.05) is 182 Å². The molecule has 2 aliphatic heterocycles. The lowest BCUT2D eigenvalue weighted by Crippen LogP contribution is -2.66. The van der Waals surface area contributed by atoms with Gasteiger partial charge < -0.3 is 57.2 Å². The third-order valence-corrected chi connectivity index (χ3v) is 13.0. The molecule has 13 heteroatoms. The van der Waals surface area contributed by atoms with Crippen LogP contribution in [0.3, 0.4) is 0 Å². The van der Waals surface area contributed by atoms with Crippen molar-refractivity contribution < 1.29 is 62.0 Å². The minimum Gasteiger partial charge on any atom is -0.497 e. The summed E-state index contributed by atoms with van der Waals surface area (Å²) in [5.41, 5.74) is 5.69. The molecule has 0 aliphatic carbocycles. The summed E-state index contributed by atoms with van der Waals surface area (Å²) < 4.78 is 73.2. The lowest BCUT2D eigenvalue weighted by atomic mass is 9.95. The van der Waals surface area contributed by atoms with Crippen molar-refractivity contribution in [2.24, 2.45) is 0 Å². The molecule has 13 nitrogen and oxygen atoms in total. The van der Waals surface area contributed by atoms with Gasteiger partial charge in [0.15, 0.2) is 18.7 Å². The Hall–Kier alpha value is -6.59. The fraction of sp³-hybridized carbons (Fsp3) is 0.306. The highest BCUT2D eigenvalue weighted by molar-refractivity contribution is 5.89. The van der Waals surface area contributed by atoms with Gasteiger partial charge in [-0.25, -0.2) is 4.79 Å². The lowest BCUT2D eigenvalue weighted by Gasteiger charge is -2.49. The fourth-order valence-corrected chi connectivity index (χ4v) is 9.07. The first kappa shape index (κ1) is 53.2. The van der Waals surface area contributed by atoms with E-state index >= 15 is 0 Å². The van der Waals surface area contributed by atoms with Gasteiger partial charge in [-0.2, -0.15) is 0 Å². The average Bonchev–Trinajstić information content (AvgIpc) is 3.46. The van der Waals surface area contributed by atoms with Crippen molar-refractivity contribution in [1.29, 1.82) is 0 Å². The van der Waals surface area contributed by atoms with Crippen LogP contribution in [0.1, 0.15) is 43.7 Å². The van der Waals surface area contributed by atoms with Crippen molar-refractivity contribution in [1.82, 2.24) is 0 Å². The monoisotopic (exact) mass is 1020 g/mol. The van der Waals surface area contributed by atoms with Crippen molar-refractivity contribution in [2.45, 2.75) is 101 Å². The van der Waals surface area contributed by atoms with E-state index in [-0.39, 0.29) is 58.4 Å². The number of benzene rings is 7. The summed E-state index contributed by atoms with van der Waals surface area (Å²) >= 11 is 0. The van der Waals surface area contributed by atoms with Crippen LogP contribution in [0.2, 0.25) is 0 Å². The van der Waals surface area contributed by atoms with E-state index in [9.17, 15) is 9.90 Å². The zero-order chi connectivity index (χ0) is 51.4. The van der Waals surface area contributed by atoms with Crippen LogP contribution in [0.25, 0.3) is 0 Å². The molecule has 0 bridgehead atoms. The van der Waals surface area contributed by atoms with E-state index < -0.39 is 67.4 Å². The number of ether oxygens (including phenoxy) is 11. The standard InChI is InChI=1S/C62H64O13/c1-65-51-34-32-50(33-35-51)60(63)74-54-53(43-67-37-45-22-10-3-11-23-45)73-62(59(71-41-49-30-18-7-19-31-49)57(54)69-39-47-26-14-5-15-27-47)75-55-52(42-66-36-44-20-8-2-9-21-44)72-61(64)58(70-40-48-28-16-6-17-29-48)56(55)68-38-46-24-12-4-13-25-46/h2-35,52-59,61-62,64H,36-43H2,1H3/t52-,53-,54-,55-,56+,57+,58-,59+,61+,62+/m1/s1. The van der Waals surface area contributed by atoms with Gasteiger partial charge in [-0.3, -0.25) is 0 Å². The van der Waals surface area contributed by atoms with Gasteiger partial charge in [-0.05, 0) is 57.6 Å². The van der Waals surface area contributed by atoms with Crippen molar-refractivity contribution in [2.75, 3.05) is 20.3 Å². The van der Waals surface area contributed by atoms with E-state index in [1.54, 1.807) is 31.4 Å². The third-order valence-electron chi connectivity index (χ3n) is 13.0. The molecule has 0 radical (unpaired) electrons. The van der Waals surface area contributed by atoms with Crippen LogP contribution in [-0.2, 0) is 87.0 Å². The predicted octanol–water partition coefficient (Wildman–Crippen LogP) is 9.82. The third kappa shape index (κ3) is 15.3. The summed E-state index contributed by atoms with van der Waals surface area (Å²) in [6.45, 7) is 0.926. The number of hydrogen-bond donors (Lipinski definition) is 1. The van der Waals surface area contributed by atoms with E-state index in [1.165, 1.54) is 0 Å². The summed E-state index contributed by atoms with van der Waals surface area (Å²) in [6.07, 6.45) is -11.0. The molecule has 0 unspecified atom stereocenters. The van der Waals surface area contributed by atoms with Gasteiger partial charge >= 0.3 is 5.97 Å². The predicted molar refractivity (Wildman–Crippen MR) is 279 cm³/mol. The minimum absolute atomic E-state index is 0.0187. The smallest absolute Gasteiger partial charge is 0.338 e. The fourth-order valence-electron chi connectivity index (χ4n) is 9.07. The van der Waals surface area contributed by atoms with Crippen LogP contribution in [0.15, 0.2) is 206 Å². The van der Waals surface area contributed by atoms with Crippen LogP contribution in [0.5, 0.6) is 5.75 Å². The summed E-state index contributed by atoms with van der Waals surface area (Å²) in [5.74, 6) is -0.0354. The summed E-state index contributed by atoms with van der Waals surface area (Å²) in [7, 11) is 1.56. The Labute approximate surface area is 438 Å². The molecular formula is C62H64O13. The van der Waals surface area contributed by atoms with Crippen LogP contribution < -0.4 is 4.74 Å². The molecule has 2 aliphatic rings. The molecule has 7 aromatic rings. The first-order chi connectivity index (χ1) is 37.0. The van der Waals surface area contributed by atoms with E-state index in [4.69, 9.17) is 52.1 Å².